The standard InChI is InChI=1S/C25H20ClF4N5O2S/c1-2-37-19(36)5-7-25(30)12-18-20(17-6-9-35(33-17)24(28)29)21(15-4-3-14(27)11-16(15)26)32-22(34(18)13-25)23-31-8-10-38-23/h3-11,21,24H,2,12-13H2,1H3/b7-5+/t21-,25+/m0/s1. The molecule has 2 aliphatic rings. The largest absolute Gasteiger partial charge is 0.463 e. The van der Waals surface area contributed by atoms with Gasteiger partial charge in [-0.15, -0.1) is 11.3 Å². The van der Waals surface area contributed by atoms with Gasteiger partial charge in [0.05, 0.1) is 18.8 Å². The molecular formula is C25H20ClF4N5O2S. The van der Waals surface area contributed by atoms with Crippen LogP contribution in [0, 0.1) is 5.82 Å². The number of hydrogen-bond donors (Lipinski definition) is 0. The number of allylic oxidation sites excluding steroid dienone is 1. The van der Waals surface area contributed by atoms with E-state index in [1.807, 2.05) is 0 Å². The molecule has 0 unspecified atom stereocenters. The van der Waals surface area contributed by atoms with Crippen LogP contribution in [0.5, 0.6) is 0 Å². The van der Waals surface area contributed by atoms with Crippen molar-refractivity contribution < 1.29 is 27.1 Å². The molecule has 2 atom stereocenters. The number of alkyl halides is 3. The van der Waals surface area contributed by atoms with E-state index in [-0.39, 0.29) is 30.3 Å². The molecular weight excluding hydrogens is 546 g/mol. The van der Waals surface area contributed by atoms with Crippen LogP contribution < -0.4 is 0 Å². The summed E-state index contributed by atoms with van der Waals surface area (Å²) in [5.74, 6) is -0.921. The Morgan fingerprint density at radius 3 is 2.84 bits per heavy atom. The SMILES string of the molecule is CCOC(=O)/C=C/[C@@]1(F)CC2=C(c3ccn(C(F)F)n3)[C@H](c3ccc(F)cc3Cl)N=C(c3nccs3)N2C1. The molecule has 198 valence electrons. The smallest absolute Gasteiger partial charge is 0.333 e. The van der Waals surface area contributed by atoms with Gasteiger partial charge in [-0.05, 0) is 31.2 Å². The molecule has 38 heavy (non-hydrogen) atoms. The summed E-state index contributed by atoms with van der Waals surface area (Å²) in [7, 11) is 0. The summed E-state index contributed by atoms with van der Waals surface area (Å²) >= 11 is 7.70. The lowest BCUT2D eigenvalue weighted by molar-refractivity contribution is -0.137. The average molecular weight is 566 g/mol. The third kappa shape index (κ3) is 4.97. The number of aliphatic imine (C=N–C) groups is 1. The number of aromatic nitrogens is 3. The van der Waals surface area contributed by atoms with Crippen molar-refractivity contribution in [3.8, 4) is 0 Å². The fourth-order valence-corrected chi connectivity index (χ4v) is 5.41. The van der Waals surface area contributed by atoms with Gasteiger partial charge in [0.2, 0.25) is 0 Å². The van der Waals surface area contributed by atoms with E-state index in [4.69, 9.17) is 21.3 Å². The Kier molecular flexibility index (Phi) is 7.10. The van der Waals surface area contributed by atoms with Gasteiger partial charge in [-0.1, -0.05) is 17.7 Å². The van der Waals surface area contributed by atoms with Crippen molar-refractivity contribution in [1.82, 2.24) is 19.7 Å². The number of carbonyl (C=O) groups excluding carboxylic acids is 1. The van der Waals surface area contributed by atoms with E-state index in [9.17, 15) is 18.0 Å². The molecule has 1 saturated heterocycles. The lowest BCUT2D eigenvalue weighted by atomic mass is 9.91. The van der Waals surface area contributed by atoms with Crippen LogP contribution in [0.2, 0.25) is 5.02 Å². The lowest BCUT2D eigenvalue weighted by Gasteiger charge is -2.32. The predicted molar refractivity (Wildman–Crippen MR) is 134 cm³/mol. The van der Waals surface area contributed by atoms with Crippen LogP contribution in [0.25, 0.3) is 5.57 Å². The Bertz CT molecular complexity index is 1460. The molecule has 2 aliphatic heterocycles. The summed E-state index contributed by atoms with van der Waals surface area (Å²) < 4.78 is 62.4. The van der Waals surface area contributed by atoms with Crippen molar-refractivity contribution in [2.45, 2.75) is 31.6 Å². The fraction of sp³-hybridized carbons (Fsp3) is 0.280. The van der Waals surface area contributed by atoms with Gasteiger partial charge >= 0.3 is 12.5 Å². The van der Waals surface area contributed by atoms with Crippen molar-refractivity contribution in [3.05, 3.63) is 87.0 Å². The minimum atomic E-state index is -2.90. The van der Waals surface area contributed by atoms with E-state index >= 15 is 4.39 Å². The van der Waals surface area contributed by atoms with Crippen LogP contribution in [-0.2, 0) is 9.53 Å². The van der Waals surface area contributed by atoms with Gasteiger partial charge in [0, 0.05) is 52.1 Å². The Labute approximate surface area is 223 Å². The van der Waals surface area contributed by atoms with Gasteiger partial charge in [-0.2, -0.15) is 13.9 Å². The minimum absolute atomic E-state index is 0.0591. The molecule has 4 heterocycles. The van der Waals surface area contributed by atoms with Crippen molar-refractivity contribution in [2.75, 3.05) is 13.2 Å². The fourth-order valence-electron chi connectivity index (χ4n) is 4.50. The predicted octanol–water partition coefficient (Wildman–Crippen LogP) is 5.97. The van der Waals surface area contributed by atoms with E-state index in [0.717, 1.165) is 24.4 Å². The molecule has 13 heteroatoms. The molecule has 0 radical (unpaired) electrons. The molecule has 1 aromatic carbocycles. The summed E-state index contributed by atoms with van der Waals surface area (Å²) in [6.45, 7) is -1.34. The molecule has 0 bridgehead atoms. The maximum absolute atomic E-state index is 16.3. The first kappa shape index (κ1) is 26.1. The topological polar surface area (TPSA) is 72.6 Å². The second kappa shape index (κ2) is 10.3. The number of halogens is 5. The van der Waals surface area contributed by atoms with E-state index in [1.54, 1.807) is 23.4 Å². The number of nitrogens with zero attached hydrogens (tertiary/aromatic N) is 5. The highest BCUT2D eigenvalue weighted by Crippen LogP contribution is 2.49. The number of carbonyl (C=O) groups is 1. The number of fused-ring (bicyclic) bond motifs is 1. The quantitative estimate of drug-likeness (QED) is 0.200. The van der Waals surface area contributed by atoms with Crippen LogP contribution >= 0.6 is 22.9 Å². The molecule has 1 fully saturated rings. The van der Waals surface area contributed by atoms with E-state index < -0.39 is 30.0 Å². The number of hydrogen-bond acceptors (Lipinski definition) is 7. The highest BCUT2D eigenvalue weighted by Gasteiger charge is 2.47. The second-order valence-electron chi connectivity index (χ2n) is 8.56. The van der Waals surface area contributed by atoms with Crippen molar-refractivity contribution in [3.63, 3.8) is 0 Å². The Morgan fingerprint density at radius 2 is 2.18 bits per heavy atom. The van der Waals surface area contributed by atoms with Gasteiger partial charge in [0.15, 0.2) is 16.5 Å². The lowest BCUT2D eigenvalue weighted by Crippen LogP contribution is -2.35. The molecule has 2 aromatic heterocycles. The summed E-state index contributed by atoms with van der Waals surface area (Å²) in [6.07, 6.45) is 4.62. The normalized spacial score (nSPS) is 21.4. The zero-order valence-electron chi connectivity index (χ0n) is 19.8. The number of ether oxygens (including phenoxy) is 1. The Hall–Kier alpha value is -3.51. The van der Waals surface area contributed by atoms with E-state index in [2.05, 4.69) is 10.1 Å². The molecule has 0 N–H and O–H groups in total. The first-order valence-corrected chi connectivity index (χ1v) is 12.8. The number of benzene rings is 1. The van der Waals surface area contributed by atoms with Gasteiger partial charge < -0.3 is 9.64 Å². The van der Waals surface area contributed by atoms with Gasteiger partial charge in [0.25, 0.3) is 0 Å². The molecule has 7 nitrogen and oxygen atoms in total. The van der Waals surface area contributed by atoms with Crippen molar-refractivity contribution in [2.24, 2.45) is 4.99 Å². The zero-order chi connectivity index (χ0) is 27.0. The van der Waals surface area contributed by atoms with Crippen LogP contribution in [-0.4, -0.2) is 50.3 Å². The average Bonchev–Trinajstić information content (AvgIpc) is 3.62. The van der Waals surface area contributed by atoms with Crippen LogP contribution in [0.15, 0.2) is 64.9 Å². The summed E-state index contributed by atoms with van der Waals surface area (Å²) in [5.41, 5.74) is -0.767. The third-order valence-corrected chi connectivity index (χ3v) is 7.17. The molecule has 3 aromatic rings. The number of esters is 1. The van der Waals surface area contributed by atoms with E-state index in [1.165, 1.54) is 29.5 Å². The number of rotatable bonds is 7. The van der Waals surface area contributed by atoms with E-state index in [0.29, 0.717) is 32.4 Å². The number of thiazole rings is 1. The number of amidine groups is 1. The van der Waals surface area contributed by atoms with Gasteiger partial charge in [-0.3, -0.25) is 4.99 Å². The monoisotopic (exact) mass is 565 g/mol. The van der Waals surface area contributed by atoms with Gasteiger partial charge in [0.1, 0.15) is 11.9 Å². The van der Waals surface area contributed by atoms with Crippen molar-refractivity contribution >= 4 is 40.3 Å². The maximum Gasteiger partial charge on any atom is 0.333 e. The van der Waals surface area contributed by atoms with Crippen LogP contribution in [0.4, 0.5) is 17.6 Å². The first-order valence-electron chi connectivity index (χ1n) is 11.5. The molecule has 5 rings (SSSR count). The third-order valence-electron chi connectivity index (χ3n) is 6.07. The molecule has 0 amide bonds. The summed E-state index contributed by atoms with van der Waals surface area (Å²) in [6, 6.07) is 4.24. The highest BCUT2D eigenvalue weighted by atomic mass is 35.5. The summed E-state index contributed by atoms with van der Waals surface area (Å²) in [4.78, 5) is 22.7. The van der Waals surface area contributed by atoms with Gasteiger partial charge in [-0.25, -0.2) is 23.2 Å². The minimum Gasteiger partial charge on any atom is -0.463 e. The van der Waals surface area contributed by atoms with Crippen LogP contribution in [0.3, 0.4) is 0 Å². The van der Waals surface area contributed by atoms with Crippen LogP contribution in [0.1, 0.15) is 42.2 Å². The highest BCUT2D eigenvalue weighted by molar-refractivity contribution is 7.11. The maximum atomic E-state index is 16.3. The molecule has 0 saturated carbocycles. The second-order valence-corrected chi connectivity index (χ2v) is 9.86. The Morgan fingerprint density at radius 1 is 1.37 bits per heavy atom. The first-order chi connectivity index (χ1) is 18.2. The molecule has 0 aliphatic carbocycles. The molecule has 0 spiro atoms. The van der Waals surface area contributed by atoms with Crippen molar-refractivity contribution in [1.29, 1.82) is 0 Å². The zero-order valence-corrected chi connectivity index (χ0v) is 21.4. The Balaban J connectivity index is 1.70. The summed E-state index contributed by atoms with van der Waals surface area (Å²) in [5, 5.41) is 6.30.